The van der Waals surface area contributed by atoms with Crippen LogP contribution in [0, 0.1) is 0 Å². The van der Waals surface area contributed by atoms with E-state index in [2.05, 4.69) is 5.32 Å². The molecule has 0 aromatic rings. The first-order valence-electron chi connectivity index (χ1n) is 4.01. The van der Waals surface area contributed by atoms with Crippen LogP contribution in [-0.2, 0) is 4.74 Å². The lowest BCUT2D eigenvalue weighted by Gasteiger charge is -2.25. The summed E-state index contributed by atoms with van der Waals surface area (Å²) >= 11 is 0. The molecular formula is C8H13NO. The van der Waals surface area contributed by atoms with E-state index in [1.54, 1.807) is 0 Å². The van der Waals surface area contributed by atoms with E-state index in [0.717, 1.165) is 13.3 Å². The van der Waals surface area contributed by atoms with Crippen molar-refractivity contribution in [2.45, 2.75) is 25.7 Å². The quantitative estimate of drug-likeness (QED) is 0.547. The van der Waals surface area contributed by atoms with E-state index < -0.39 is 0 Å². The minimum atomic E-state index is 0.721. The first-order chi connectivity index (χ1) is 4.97. The third-order valence-corrected chi connectivity index (χ3v) is 2.21. The fraction of sp³-hybridized carbons (Fsp3) is 0.750. The summed E-state index contributed by atoms with van der Waals surface area (Å²) in [6.07, 6.45) is 5.10. The van der Waals surface area contributed by atoms with Gasteiger partial charge in [0, 0.05) is 13.0 Å². The minimum Gasteiger partial charge on any atom is -0.483 e. The molecule has 0 aromatic heterocycles. The zero-order valence-corrected chi connectivity index (χ0v) is 6.15. The van der Waals surface area contributed by atoms with Gasteiger partial charge in [-0.25, -0.2) is 0 Å². The summed E-state index contributed by atoms with van der Waals surface area (Å²) in [5.74, 6) is 1.28. The first-order valence-corrected chi connectivity index (χ1v) is 4.01. The molecule has 10 heavy (non-hydrogen) atoms. The molecule has 1 N–H and O–H groups in total. The van der Waals surface area contributed by atoms with Gasteiger partial charge in [0.25, 0.3) is 0 Å². The van der Waals surface area contributed by atoms with Crippen LogP contribution in [0.3, 0.4) is 0 Å². The molecule has 0 amide bonds. The van der Waals surface area contributed by atoms with Crippen LogP contribution >= 0.6 is 0 Å². The molecule has 0 spiro atoms. The molecular weight excluding hydrogens is 126 g/mol. The topological polar surface area (TPSA) is 21.3 Å². The number of hydrogen-bond donors (Lipinski definition) is 1. The van der Waals surface area contributed by atoms with E-state index in [9.17, 15) is 0 Å². The fourth-order valence-corrected chi connectivity index (χ4v) is 1.64. The Kier molecular flexibility index (Phi) is 1.63. The van der Waals surface area contributed by atoms with Crippen molar-refractivity contribution in [2.24, 2.45) is 0 Å². The second-order valence-electron chi connectivity index (χ2n) is 2.95. The maximum atomic E-state index is 5.45. The molecule has 0 fully saturated rings. The standard InChI is InChI=1S/C8H13NO/c1-2-4-8-7(3-1)5-9-6-10-8/h9H,1-6H2. The second-order valence-corrected chi connectivity index (χ2v) is 2.95. The summed E-state index contributed by atoms with van der Waals surface area (Å²) in [4.78, 5) is 0. The number of rotatable bonds is 0. The predicted molar refractivity (Wildman–Crippen MR) is 39.4 cm³/mol. The van der Waals surface area contributed by atoms with Crippen molar-refractivity contribution in [1.82, 2.24) is 5.32 Å². The monoisotopic (exact) mass is 139 g/mol. The van der Waals surface area contributed by atoms with Crippen LogP contribution in [0.25, 0.3) is 0 Å². The molecule has 0 unspecified atom stereocenters. The molecule has 0 bridgehead atoms. The second kappa shape index (κ2) is 2.62. The largest absolute Gasteiger partial charge is 0.483 e. The molecule has 0 aromatic carbocycles. The highest BCUT2D eigenvalue weighted by atomic mass is 16.5. The third kappa shape index (κ3) is 1.03. The molecule has 0 atom stereocenters. The molecule has 2 nitrogen and oxygen atoms in total. The van der Waals surface area contributed by atoms with Crippen molar-refractivity contribution in [2.75, 3.05) is 13.3 Å². The average molecular weight is 139 g/mol. The number of allylic oxidation sites excluding steroid dienone is 1. The van der Waals surface area contributed by atoms with Crippen molar-refractivity contribution in [3.05, 3.63) is 11.3 Å². The van der Waals surface area contributed by atoms with E-state index in [-0.39, 0.29) is 0 Å². The van der Waals surface area contributed by atoms with Gasteiger partial charge in [-0.2, -0.15) is 0 Å². The molecule has 0 saturated heterocycles. The van der Waals surface area contributed by atoms with Crippen molar-refractivity contribution in [1.29, 1.82) is 0 Å². The lowest BCUT2D eigenvalue weighted by molar-refractivity contribution is 0.153. The Morgan fingerprint density at radius 3 is 3.00 bits per heavy atom. The summed E-state index contributed by atoms with van der Waals surface area (Å²) in [7, 11) is 0. The summed E-state index contributed by atoms with van der Waals surface area (Å²) < 4.78 is 5.45. The summed E-state index contributed by atoms with van der Waals surface area (Å²) in [5.41, 5.74) is 1.51. The van der Waals surface area contributed by atoms with Crippen LogP contribution in [0.2, 0.25) is 0 Å². The molecule has 2 aliphatic rings. The highest BCUT2D eigenvalue weighted by Gasteiger charge is 2.16. The zero-order valence-electron chi connectivity index (χ0n) is 6.15. The molecule has 1 aliphatic carbocycles. The number of ether oxygens (including phenoxy) is 1. The van der Waals surface area contributed by atoms with Crippen LogP contribution in [-0.4, -0.2) is 13.3 Å². The first kappa shape index (κ1) is 6.23. The zero-order chi connectivity index (χ0) is 6.81. The van der Waals surface area contributed by atoms with Crippen LogP contribution in [0.15, 0.2) is 11.3 Å². The molecule has 2 rings (SSSR count). The highest BCUT2D eigenvalue weighted by Crippen LogP contribution is 2.26. The van der Waals surface area contributed by atoms with Crippen LogP contribution in [0.4, 0.5) is 0 Å². The maximum Gasteiger partial charge on any atom is 0.139 e. The number of hydrogen-bond acceptors (Lipinski definition) is 2. The number of nitrogens with one attached hydrogen (secondary N) is 1. The molecule has 1 heterocycles. The lowest BCUT2D eigenvalue weighted by Crippen LogP contribution is -2.28. The van der Waals surface area contributed by atoms with Gasteiger partial charge in [-0.3, -0.25) is 5.32 Å². The summed E-state index contributed by atoms with van der Waals surface area (Å²) in [6.45, 7) is 1.79. The Balaban J connectivity index is 2.14. The van der Waals surface area contributed by atoms with Gasteiger partial charge in [0.05, 0.1) is 5.76 Å². The summed E-state index contributed by atoms with van der Waals surface area (Å²) in [5, 5.41) is 3.20. The Bertz CT molecular complexity index is 129. The Labute approximate surface area is 61.3 Å². The van der Waals surface area contributed by atoms with Gasteiger partial charge >= 0.3 is 0 Å². The normalized spacial score (nSPS) is 25.6. The van der Waals surface area contributed by atoms with Crippen molar-refractivity contribution in [3.63, 3.8) is 0 Å². The SMILES string of the molecule is C1CCC2=C(C1)CNCO2. The van der Waals surface area contributed by atoms with E-state index in [4.69, 9.17) is 4.74 Å². The lowest BCUT2D eigenvalue weighted by atomic mass is 9.97. The van der Waals surface area contributed by atoms with Crippen LogP contribution in [0.1, 0.15) is 25.7 Å². The van der Waals surface area contributed by atoms with E-state index in [1.165, 1.54) is 37.0 Å². The van der Waals surface area contributed by atoms with Crippen molar-refractivity contribution >= 4 is 0 Å². The Hall–Kier alpha value is -0.500. The van der Waals surface area contributed by atoms with Gasteiger partial charge in [-0.15, -0.1) is 0 Å². The fourth-order valence-electron chi connectivity index (χ4n) is 1.64. The van der Waals surface area contributed by atoms with Gasteiger partial charge in [0.15, 0.2) is 0 Å². The smallest absolute Gasteiger partial charge is 0.139 e. The summed E-state index contributed by atoms with van der Waals surface area (Å²) in [6, 6.07) is 0. The van der Waals surface area contributed by atoms with E-state index in [1.807, 2.05) is 0 Å². The maximum absolute atomic E-state index is 5.45. The molecule has 0 saturated carbocycles. The van der Waals surface area contributed by atoms with Gasteiger partial charge in [0.1, 0.15) is 6.73 Å². The highest BCUT2D eigenvalue weighted by molar-refractivity contribution is 5.14. The van der Waals surface area contributed by atoms with Crippen LogP contribution in [0.5, 0.6) is 0 Å². The predicted octanol–water partition coefficient (Wildman–Crippen LogP) is 1.39. The minimum absolute atomic E-state index is 0.721. The van der Waals surface area contributed by atoms with Gasteiger partial charge in [-0.05, 0) is 24.8 Å². The van der Waals surface area contributed by atoms with Crippen molar-refractivity contribution < 1.29 is 4.74 Å². The van der Waals surface area contributed by atoms with Gasteiger partial charge in [0.2, 0.25) is 0 Å². The average Bonchev–Trinajstić information content (AvgIpc) is 2.05. The van der Waals surface area contributed by atoms with E-state index in [0.29, 0.717) is 0 Å². The molecule has 1 aliphatic heterocycles. The van der Waals surface area contributed by atoms with Crippen molar-refractivity contribution in [3.8, 4) is 0 Å². The Morgan fingerprint density at radius 1 is 1.20 bits per heavy atom. The van der Waals surface area contributed by atoms with Gasteiger partial charge < -0.3 is 4.74 Å². The molecule has 2 heteroatoms. The Morgan fingerprint density at radius 2 is 2.10 bits per heavy atom. The third-order valence-electron chi connectivity index (χ3n) is 2.21. The molecule has 56 valence electrons. The van der Waals surface area contributed by atoms with E-state index >= 15 is 0 Å². The van der Waals surface area contributed by atoms with Gasteiger partial charge in [-0.1, -0.05) is 0 Å². The van der Waals surface area contributed by atoms with Crippen LogP contribution < -0.4 is 5.32 Å². The molecule has 0 radical (unpaired) electrons.